The van der Waals surface area contributed by atoms with E-state index >= 15 is 0 Å². The maximum Gasteiger partial charge on any atom is 0.213 e. The van der Waals surface area contributed by atoms with Gasteiger partial charge in [0.05, 0.1) is 13.7 Å². The van der Waals surface area contributed by atoms with Gasteiger partial charge in [-0.15, -0.1) is 0 Å². The van der Waals surface area contributed by atoms with E-state index in [1.807, 2.05) is 16.8 Å². The predicted octanol–water partition coefficient (Wildman–Crippen LogP) is 0.508. The Balaban J connectivity index is 1.55. The molecule has 3 heterocycles. The van der Waals surface area contributed by atoms with Crippen LogP contribution in [-0.4, -0.2) is 53.0 Å². The fraction of sp³-hybridized carbons (Fsp3) is 0.529. The summed E-state index contributed by atoms with van der Waals surface area (Å²) in [5, 5.41) is 11.3. The molecule has 0 fully saturated rings. The van der Waals surface area contributed by atoms with Crippen molar-refractivity contribution >= 4 is 5.96 Å². The summed E-state index contributed by atoms with van der Waals surface area (Å²) in [5.41, 5.74) is 1.08. The van der Waals surface area contributed by atoms with Gasteiger partial charge in [-0.05, 0) is 18.1 Å². The lowest BCUT2D eigenvalue weighted by Gasteiger charge is -2.25. The topological polar surface area (TPSA) is 98.5 Å². The fourth-order valence-electron chi connectivity index (χ4n) is 2.91. The molecule has 0 aromatic carbocycles. The van der Waals surface area contributed by atoms with E-state index in [2.05, 4.69) is 30.7 Å². The Morgan fingerprint density at radius 2 is 2.31 bits per heavy atom. The molecule has 140 valence electrons. The van der Waals surface area contributed by atoms with Crippen LogP contribution in [0.1, 0.15) is 23.6 Å². The lowest BCUT2D eigenvalue weighted by Crippen LogP contribution is -2.46. The summed E-state index contributed by atoms with van der Waals surface area (Å²) < 4.78 is 12.2. The molecule has 0 saturated heterocycles. The summed E-state index contributed by atoms with van der Waals surface area (Å²) in [7, 11) is 5.03. The van der Waals surface area contributed by atoms with Crippen molar-refractivity contribution in [3.63, 3.8) is 0 Å². The molecule has 1 unspecified atom stereocenters. The van der Waals surface area contributed by atoms with Crippen LogP contribution in [0, 0.1) is 0 Å². The third-order valence-electron chi connectivity index (χ3n) is 4.21. The Bertz CT molecular complexity index is 759. The highest BCUT2D eigenvalue weighted by molar-refractivity contribution is 5.79. The molecule has 9 nitrogen and oxygen atoms in total. The maximum absolute atomic E-state index is 5.15. The smallest absolute Gasteiger partial charge is 0.213 e. The van der Waals surface area contributed by atoms with Gasteiger partial charge in [-0.3, -0.25) is 4.99 Å². The van der Waals surface area contributed by atoms with E-state index < -0.39 is 0 Å². The minimum Gasteiger partial charge on any atom is -0.481 e. The Hall–Kier alpha value is -2.68. The van der Waals surface area contributed by atoms with Crippen LogP contribution >= 0.6 is 0 Å². The van der Waals surface area contributed by atoms with E-state index in [-0.39, 0.29) is 6.04 Å². The molecule has 2 N–H and O–H groups in total. The van der Waals surface area contributed by atoms with Crippen LogP contribution in [0.5, 0.6) is 5.88 Å². The lowest BCUT2D eigenvalue weighted by molar-refractivity contribution is 0.177. The van der Waals surface area contributed by atoms with Crippen LogP contribution in [0.25, 0.3) is 0 Å². The van der Waals surface area contributed by atoms with Crippen molar-refractivity contribution in [1.29, 1.82) is 0 Å². The van der Waals surface area contributed by atoms with Gasteiger partial charge in [0.25, 0.3) is 0 Å². The highest BCUT2D eigenvalue weighted by Crippen LogP contribution is 2.13. The first kappa shape index (κ1) is 18.1. The van der Waals surface area contributed by atoms with Crippen LogP contribution in [0.3, 0.4) is 0 Å². The van der Waals surface area contributed by atoms with Crippen molar-refractivity contribution < 1.29 is 9.47 Å². The number of nitrogens with one attached hydrogen (secondary N) is 2. The second-order valence-electron chi connectivity index (χ2n) is 6.07. The Morgan fingerprint density at radius 1 is 1.42 bits per heavy atom. The minimum atomic E-state index is 0.248. The number of methoxy groups -OCH3 is 2. The molecule has 2 aromatic heterocycles. The van der Waals surface area contributed by atoms with Gasteiger partial charge >= 0.3 is 0 Å². The standard InChI is InChI=1S/C17H25N7O2/c1-18-17(20-9-12-6-7-19-16(8-12)26-3)21-13-4-5-15-22-14(11-25-2)23-24(15)10-13/h6-8,13H,4-5,9-11H2,1-3H3,(H2,18,20,21). The fourth-order valence-corrected chi connectivity index (χ4v) is 2.91. The van der Waals surface area contributed by atoms with Crippen LogP contribution in [0.2, 0.25) is 0 Å². The SMILES string of the molecule is CN=C(NCc1ccnc(OC)c1)NC1CCc2nc(COC)nn2C1. The minimum absolute atomic E-state index is 0.248. The first-order valence-corrected chi connectivity index (χ1v) is 8.59. The highest BCUT2D eigenvalue weighted by Gasteiger charge is 2.22. The molecule has 0 bridgehead atoms. The zero-order chi connectivity index (χ0) is 18.4. The van der Waals surface area contributed by atoms with Crippen molar-refractivity contribution in [2.75, 3.05) is 21.3 Å². The summed E-state index contributed by atoms with van der Waals surface area (Å²) in [5.74, 6) is 3.11. The number of ether oxygens (including phenoxy) is 2. The molecule has 9 heteroatoms. The number of hydrogen-bond donors (Lipinski definition) is 2. The summed E-state index contributed by atoms with van der Waals surface area (Å²) in [6.07, 6.45) is 3.60. The van der Waals surface area contributed by atoms with Crippen LogP contribution < -0.4 is 15.4 Å². The molecule has 0 radical (unpaired) electrons. The van der Waals surface area contributed by atoms with E-state index in [0.29, 0.717) is 19.0 Å². The number of hydrogen-bond acceptors (Lipinski definition) is 6. The van der Waals surface area contributed by atoms with Gasteiger partial charge in [0.1, 0.15) is 12.4 Å². The molecule has 0 amide bonds. The van der Waals surface area contributed by atoms with E-state index in [1.165, 1.54) is 0 Å². The van der Waals surface area contributed by atoms with E-state index in [4.69, 9.17) is 9.47 Å². The highest BCUT2D eigenvalue weighted by atomic mass is 16.5. The van der Waals surface area contributed by atoms with Gasteiger partial charge in [0, 0.05) is 45.4 Å². The van der Waals surface area contributed by atoms with Gasteiger partial charge in [0.2, 0.25) is 5.88 Å². The average molecular weight is 359 g/mol. The predicted molar refractivity (Wildman–Crippen MR) is 97.0 cm³/mol. The lowest BCUT2D eigenvalue weighted by atomic mass is 10.1. The second kappa shape index (κ2) is 8.61. The molecular weight excluding hydrogens is 334 g/mol. The number of aliphatic imine (C=N–C) groups is 1. The van der Waals surface area contributed by atoms with Crippen molar-refractivity contribution in [3.8, 4) is 5.88 Å². The number of nitrogens with zero attached hydrogens (tertiary/aromatic N) is 5. The van der Waals surface area contributed by atoms with Crippen LogP contribution in [0.4, 0.5) is 0 Å². The number of aryl methyl sites for hydroxylation is 1. The molecule has 1 aliphatic heterocycles. The van der Waals surface area contributed by atoms with Gasteiger partial charge in [-0.25, -0.2) is 14.6 Å². The Labute approximate surface area is 152 Å². The normalized spacial score (nSPS) is 16.9. The quantitative estimate of drug-likeness (QED) is 0.573. The Morgan fingerprint density at radius 3 is 3.08 bits per heavy atom. The summed E-state index contributed by atoms with van der Waals surface area (Å²) >= 11 is 0. The first-order valence-electron chi connectivity index (χ1n) is 8.59. The largest absolute Gasteiger partial charge is 0.481 e. The van der Waals surface area contributed by atoms with E-state index in [1.54, 1.807) is 27.5 Å². The zero-order valence-corrected chi connectivity index (χ0v) is 15.4. The summed E-state index contributed by atoms with van der Waals surface area (Å²) in [6.45, 7) is 1.84. The van der Waals surface area contributed by atoms with Crippen molar-refractivity contribution in [3.05, 3.63) is 35.5 Å². The summed E-state index contributed by atoms with van der Waals surface area (Å²) in [4.78, 5) is 12.9. The molecule has 0 spiro atoms. The number of pyridine rings is 1. The van der Waals surface area contributed by atoms with Crippen LogP contribution in [-0.2, 0) is 30.9 Å². The maximum atomic E-state index is 5.15. The number of aromatic nitrogens is 4. The molecule has 0 saturated carbocycles. The molecule has 1 atom stereocenters. The molecular formula is C17H25N7O2. The number of fused-ring (bicyclic) bond motifs is 1. The summed E-state index contributed by atoms with van der Waals surface area (Å²) in [6, 6.07) is 4.10. The van der Waals surface area contributed by atoms with Gasteiger partial charge in [-0.2, -0.15) is 5.10 Å². The van der Waals surface area contributed by atoms with E-state index in [0.717, 1.165) is 42.6 Å². The molecule has 0 aliphatic carbocycles. The third kappa shape index (κ3) is 4.48. The monoisotopic (exact) mass is 359 g/mol. The molecule has 1 aliphatic rings. The number of rotatable bonds is 6. The number of guanidine groups is 1. The van der Waals surface area contributed by atoms with Gasteiger partial charge in [0.15, 0.2) is 11.8 Å². The van der Waals surface area contributed by atoms with Crippen molar-refractivity contribution in [2.45, 2.75) is 38.6 Å². The van der Waals surface area contributed by atoms with Crippen molar-refractivity contribution in [1.82, 2.24) is 30.4 Å². The van der Waals surface area contributed by atoms with Gasteiger partial charge < -0.3 is 20.1 Å². The van der Waals surface area contributed by atoms with Crippen molar-refractivity contribution in [2.24, 2.45) is 4.99 Å². The van der Waals surface area contributed by atoms with E-state index in [9.17, 15) is 0 Å². The Kier molecular flexibility index (Phi) is 6.00. The average Bonchev–Trinajstić information content (AvgIpc) is 3.07. The van der Waals surface area contributed by atoms with Gasteiger partial charge in [-0.1, -0.05) is 0 Å². The molecule has 3 rings (SSSR count). The molecule has 2 aromatic rings. The molecule has 26 heavy (non-hydrogen) atoms. The second-order valence-corrected chi connectivity index (χ2v) is 6.07. The van der Waals surface area contributed by atoms with Crippen LogP contribution in [0.15, 0.2) is 23.3 Å². The zero-order valence-electron chi connectivity index (χ0n) is 15.4. The third-order valence-corrected chi connectivity index (χ3v) is 4.21. The first-order chi connectivity index (χ1) is 12.7.